The van der Waals surface area contributed by atoms with Crippen molar-refractivity contribution in [2.45, 2.75) is 13.5 Å². The summed E-state index contributed by atoms with van der Waals surface area (Å²) >= 11 is 10.00. The van der Waals surface area contributed by atoms with E-state index in [2.05, 4.69) is 45.5 Å². The van der Waals surface area contributed by atoms with Gasteiger partial charge in [-0.05, 0) is 81.2 Å². The zero-order valence-electron chi connectivity index (χ0n) is 19.4. The maximum Gasteiger partial charge on any atom is 0.266 e. The zero-order chi connectivity index (χ0) is 25.5. The van der Waals surface area contributed by atoms with Gasteiger partial charge >= 0.3 is 0 Å². The highest BCUT2D eigenvalue weighted by molar-refractivity contribution is 9.10. The Morgan fingerprint density at radius 2 is 1.83 bits per heavy atom. The van der Waals surface area contributed by atoms with E-state index in [1.165, 1.54) is 6.08 Å². The predicted molar refractivity (Wildman–Crippen MR) is 147 cm³/mol. The molecule has 0 heterocycles. The molecule has 1 amide bonds. The summed E-state index contributed by atoms with van der Waals surface area (Å²) in [5.74, 6) is 0.584. The SMILES string of the molecule is CCOc1cccc(NC(=O)/C(C#N)=C\c2cc(Cl)c(OCc3ccc4ccccc4c3)c(Br)c2)c1. The number of rotatable bonds is 8. The van der Waals surface area contributed by atoms with Crippen LogP contribution in [0.25, 0.3) is 16.8 Å². The number of ether oxygens (including phenoxy) is 2. The minimum absolute atomic E-state index is 0.0652. The van der Waals surface area contributed by atoms with E-state index in [0.717, 1.165) is 16.3 Å². The fraction of sp³-hybridized carbons (Fsp3) is 0.103. The highest BCUT2D eigenvalue weighted by Crippen LogP contribution is 2.36. The van der Waals surface area contributed by atoms with Crippen LogP contribution in [0.2, 0.25) is 5.02 Å². The number of benzene rings is 4. The lowest BCUT2D eigenvalue weighted by Crippen LogP contribution is -2.13. The number of fused-ring (bicyclic) bond motifs is 1. The van der Waals surface area contributed by atoms with Crippen LogP contribution in [0.15, 0.2) is 88.9 Å². The molecule has 0 aliphatic carbocycles. The summed E-state index contributed by atoms with van der Waals surface area (Å²) in [4.78, 5) is 12.7. The van der Waals surface area contributed by atoms with E-state index in [1.807, 2.05) is 31.2 Å². The van der Waals surface area contributed by atoms with Gasteiger partial charge in [0, 0.05) is 11.8 Å². The Morgan fingerprint density at radius 3 is 2.58 bits per heavy atom. The number of nitrogens with one attached hydrogen (secondary N) is 1. The molecular formula is C29H22BrClN2O3. The number of hydrogen-bond donors (Lipinski definition) is 1. The second-order valence-corrected chi connectivity index (χ2v) is 9.13. The van der Waals surface area contributed by atoms with Crippen LogP contribution in [0.5, 0.6) is 11.5 Å². The van der Waals surface area contributed by atoms with Crippen molar-refractivity contribution in [1.29, 1.82) is 5.26 Å². The van der Waals surface area contributed by atoms with Gasteiger partial charge in [0.25, 0.3) is 5.91 Å². The Morgan fingerprint density at radius 1 is 1.03 bits per heavy atom. The van der Waals surface area contributed by atoms with E-state index in [9.17, 15) is 10.1 Å². The number of anilines is 1. The largest absolute Gasteiger partial charge is 0.494 e. The Bertz CT molecular complexity index is 1470. The number of nitrogens with zero attached hydrogens (tertiary/aromatic N) is 1. The molecule has 0 saturated carbocycles. The van der Waals surface area contributed by atoms with E-state index in [4.69, 9.17) is 21.1 Å². The van der Waals surface area contributed by atoms with Crippen LogP contribution < -0.4 is 14.8 Å². The van der Waals surface area contributed by atoms with E-state index >= 15 is 0 Å². The third kappa shape index (κ3) is 6.25. The molecule has 36 heavy (non-hydrogen) atoms. The molecule has 4 aromatic carbocycles. The van der Waals surface area contributed by atoms with E-state index < -0.39 is 5.91 Å². The van der Waals surface area contributed by atoms with Crippen LogP contribution in [0, 0.1) is 11.3 Å². The molecule has 4 rings (SSSR count). The van der Waals surface area contributed by atoms with Crippen molar-refractivity contribution in [2.75, 3.05) is 11.9 Å². The van der Waals surface area contributed by atoms with Gasteiger partial charge in [0.1, 0.15) is 24.0 Å². The first-order valence-electron chi connectivity index (χ1n) is 11.2. The zero-order valence-corrected chi connectivity index (χ0v) is 21.8. The average Bonchev–Trinajstić information content (AvgIpc) is 2.87. The number of amides is 1. The third-order valence-corrected chi connectivity index (χ3v) is 6.17. The molecule has 0 radical (unpaired) electrons. The van der Waals surface area contributed by atoms with Crippen LogP contribution >= 0.6 is 27.5 Å². The molecule has 0 saturated heterocycles. The number of carbonyl (C=O) groups is 1. The van der Waals surface area contributed by atoms with E-state index in [1.54, 1.807) is 36.4 Å². The Labute approximate surface area is 223 Å². The minimum Gasteiger partial charge on any atom is -0.494 e. The standard InChI is InChI=1S/C29H22BrClN2O3/c1-2-35-25-9-5-8-24(16-25)33-29(34)23(17-32)13-20-14-26(30)28(27(31)15-20)36-18-19-10-11-21-6-3-4-7-22(21)12-19/h3-16H,2,18H2,1H3,(H,33,34)/b23-13-. The topological polar surface area (TPSA) is 71.3 Å². The van der Waals surface area contributed by atoms with Crippen LogP contribution in [0.4, 0.5) is 5.69 Å². The Balaban J connectivity index is 1.48. The van der Waals surface area contributed by atoms with Crippen molar-refractivity contribution in [3.63, 3.8) is 0 Å². The highest BCUT2D eigenvalue weighted by atomic mass is 79.9. The summed E-state index contributed by atoms with van der Waals surface area (Å²) in [6.07, 6.45) is 1.48. The molecule has 4 aromatic rings. The lowest BCUT2D eigenvalue weighted by molar-refractivity contribution is -0.112. The first-order chi connectivity index (χ1) is 17.5. The Kier molecular flexibility index (Phi) is 8.27. The molecular weight excluding hydrogens is 540 g/mol. The van der Waals surface area contributed by atoms with Crippen molar-refractivity contribution in [3.05, 3.63) is 105 Å². The lowest BCUT2D eigenvalue weighted by atomic mass is 10.1. The lowest BCUT2D eigenvalue weighted by Gasteiger charge is -2.12. The molecule has 0 aromatic heterocycles. The Hall–Kier alpha value is -3.79. The van der Waals surface area contributed by atoms with Crippen molar-refractivity contribution < 1.29 is 14.3 Å². The maximum atomic E-state index is 12.7. The van der Waals surface area contributed by atoms with Gasteiger partial charge in [0.2, 0.25) is 0 Å². The van der Waals surface area contributed by atoms with Crippen molar-refractivity contribution in [3.8, 4) is 17.6 Å². The molecule has 0 bridgehead atoms. The quantitative estimate of drug-likeness (QED) is 0.176. The molecule has 1 N–H and O–H groups in total. The average molecular weight is 562 g/mol. The molecule has 7 heteroatoms. The first kappa shape index (κ1) is 25.3. The smallest absolute Gasteiger partial charge is 0.266 e. The molecule has 0 unspecified atom stereocenters. The molecule has 0 fully saturated rings. The summed E-state index contributed by atoms with van der Waals surface area (Å²) in [5.41, 5.74) is 2.06. The number of halogens is 2. The summed E-state index contributed by atoms with van der Waals surface area (Å²) in [5, 5.41) is 15.0. The van der Waals surface area contributed by atoms with E-state index in [0.29, 0.717) is 45.5 Å². The van der Waals surface area contributed by atoms with Gasteiger partial charge < -0.3 is 14.8 Å². The summed E-state index contributed by atoms with van der Waals surface area (Å²) in [6.45, 7) is 2.73. The highest BCUT2D eigenvalue weighted by Gasteiger charge is 2.13. The van der Waals surface area contributed by atoms with Gasteiger partial charge in [0.05, 0.1) is 16.1 Å². The molecule has 0 aliphatic heterocycles. The van der Waals surface area contributed by atoms with E-state index in [-0.39, 0.29) is 5.57 Å². The molecule has 0 spiro atoms. The second kappa shape index (κ2) is 11.8. The van der Waals surface area contributed by atoms with Gasteiger partial charge in [0.15, 0.2) is 5.75 Å². The fourth-order valence-electron chi connectivity index (χ4n) is 3.63. The van der Waals surface area contributed by atoms with Gasteiger partial charge in [-0.25, -0.2) is 0 Å². The second-order valence-electron chi connectivity index (χ2n) is 7.87. The first-order valence-corrected chi connectivity index (χ1v) is 12.4. The monoisotopic (exact) mass is 560 g/mol. The molecule has 0 atom stereocenters. The normalized spacial score (nSPS) is 11.1. The van der Waals surface area contributed by atoms with Crippen molar-refractivity contribution >= 4 is 56.0 Å². The van der Waals surface area contributed by atoms with Crippen LogP contribution in [-0.4, -0.2) is 12.5 Å². The number of carbonyl (C=O) groups excluding carboxylic acids is 1. The van der Waals surface area contributed by atoms with Crippen LogP contribution in [0.1, 0.15) is 18.1 Å². The van der Waals surface area contributed by atoms with Crippen molar-refractivity contribution in [1.82, 2.24) is 0 Å². The van der Waals surface area contributed by atoms with Crippen LogP contribution in [0.3, 0.4) is 0 Å². The van der Waals surface area contributed by atoms with Gasteiger partial charge in [-0.1, -0.05) is 54.1 Å². The maximum absolute atomic E-state index is 12.7. The van der Waals surface area contributed by atoms with Crippen molar-refractivity contribution in [2.24, 2.45) is 0 Å². The minimum atomic E-state index is -0.532. The van der Waals surface area contributed by atoms with Gasteiger partial charge in [-0.3, -0.25) is 4.79 Å². The summed E-state index contributed by atoms with van der Waals surface area (Å²) in [7, 11) is 0. The number of nitriles is 1. The van der Waals surface area contributed by atoms with Gasteiger partial charge in [-0.2, -0.15) is 5.26 Å². The summed E-state index contributed by atoms with van der Waals surface area (Å²) in [6, 6.07) is 26.6. The third-order valence-electron chi connectivity index (χ3n) is 5.30. The van der Waals surface area contributed by atoms with Gasteiger partial charge in [-0.15, -0.1) is 0 Å². The molecule has 0 aliphatic rings. The van der Waals surface area contributed by atoms with Crippen LogP contribution in [-0.2, 0) is 11.4 Å². The molecule has 5 nitrogen and oxygen atoms in total. The predicted octanol–water partition coefficient (Wildman–Crippen LogP) is 7.78. The molecule has 180 valence electrons. The summed E-state index contributed by atoms with van der Waals surface area (Å²) < 4.78 is 12.1. The fourth-order valence-corrected chi connectivity index (χ4v) is 4.62. The number of hydrogen-bond acceptors (Lipinski definition) is 4.